The first kappa shape index (κ1) is 37.5. The number of carbonyl (C=O) groups is 4. The zero-order valence-electron chi connectivity index (χ0n) is 26.6. The van der Waals surface area contributed by atoms with Crippen molar-refractivity contribution in [3.8, 4) is 0 Å². The van der Waals surface area contributed by atoms with Crippen molar-refractivity contribution >= 4 is 35.9 Å². The molecule has 3 heterocycles. The number of nitrogens with zero attached hydrogens (tertiary/aromatic N) is 3. The summed E-state index contributed by atoms with van der Waals surface area (Å²) in [6, 6.07) is 26.3. The highest BCUT2D eigenvalue weighted by atomic mass is 16.5. The average molecular weight is 642 g/mol. The van der Waals surface area contributed by atoms with Gasteiger partial charge in [0.25, 0.3) is 18.3 Å². The summed E-state index contributed by atoms with van der Waals surface area (Å²) in [4.78, 5) is 45.7. The molecule has 2 amide bonds. The van der Waals surface area contributed by atoms with Crippen LogP contribution in [0.3, 0.4) is 0 Å². The average Bonchev–Trinajstić information content (AvgIpc) is 3.72. The summed E-state index contributed by atoms with van der Waals surface area (Å²) in [7, 11) is 6.97. The van der Waals surface area contributed by atoms with Crippen LogP contribution in [0.1, 0.15) is 55.7 Å². The highest BCUT2D eigenvalue weighted by Crippen LogP contribution is 2.17. The lowest BCUT2D eigenvalue weighted by atomic mass is 10.2. The van der Waals surface area contributed by atoms with Gasteiger partial charge in [0.1, 0.15) is 18.0 Å². The molecule has 0 aliphatic carbocycles. The first-order chi connectivity index (χ1) is 22.2. The fourth-order valence-corrected chi connectivity index (χ4v) is 4.31. The van der Waals surface area contributed by atoms with Crippen molar-refractivity contribution in [2.24, 2.45) is 21.1 Å². The molecule has 0 aliphatic rings. The van der Waals surface area contributed by atoms with E-state index in [2.05, 4.69) is 15.4 Å². The first-order valence-corrected chi connectivity index (χ1v) is 14.3. The summed E-state index contributed by atoms with van der Waals surface area (Å²) in [5.74, 6) is -0.666. The van der Waals surface area contributed by atoms with Crippen LogP contribution in [0.25, 0.3) is 0 Å². The molecule has 0 bridgehead atoms. The van der Waals surface area contributed by atoms with Crippen LogP contribution in [-0.4, -0.2) is 45.4 Å². The van der Waals surface area contributed by atoms with Gasteiger partial charge in [0.05, 0.1) is 23.7 Å². The number of methoxy groups -OCH3 is 1. The van der Waals surface area contributed by atoms with Crippen molar-refractivity contribution < 1.29 is 28.7 Å². The quantitative estimate of drug-likeness (QED) is 0.176. The lowest BCUT2D eigenvalue weighted by Crippen LogP contribution is -2.20. The number of nitrogens with one attached hydrogen (secondary N) is 2. The molecule has 11 nitrogen and oxygen atoms in total. The standard InChI is InChI=1S/C19H21N5O3.C8H8O2.C8H10O.CH4/c1-12-7-13(9-22(12)2)20-18(26)16-5-6-17(24(16)4)19(27)21-14-8-15(11-25)23(3)10-14;9-7-10-6-8-4-2-1-3-5-8;1-9-7-8-5-3-2-4-6-8;/h5-11H,1-4H3,(H,20,26)(H,21,27);1-5,7H,6H2;2-6H,7H2,1H3;1H4. The minimum atomic E-state index is -0.366. The van der Waals surface area contributed by atoms with Crippen molar-refractivity contribution in [2.45, 2.75) is 27.6 Å². The molecule has 2 aromatic carbocycles. The van der Waals surface area contributed by atoms with Crippen LogP contribution in [0.15, 0.2) is 97.3 Å². The van der Waals surface area contributed by atoms with E-state index < -0.39 is 0 Å². The maximum Gasteiger partial charge on any atom is 0.293 e. The molecule has 3 aromatic heterocycles. The molecule has 248 valence electrons. The predicted molar refractivity (Wildman–Crippen MR) is 183 cm³/mol. The number of rotatable bonds is 10. The number of hydrogen-bond donors (Lipinski definition) is 2. The molecule has 2 N–H and O–H groups in total. The van der Waals surface area contributed by atoms with Crippen molar-refractivity contribution in [3.63, 3.8) is 0 Å². The maximum atomic E-state index is 12.5. The van der Waals surface area contributed by atoms with E-state index in [0.29, 0.717) is 54.4 Å². The number of carbonyl (C=O) groups excluding carboxylic acids is 4. The summed E-state index contributed by atoms with van der Waals surface area (Å²) in [6.45, 7) is 3.47. The van der Waals surface area contributed by atoms with Crippen molar-refractivity contribution in [3.05, 3.63) is 131 Å². The number of anilines is 2. The zero-order valence-corrected chi connectivity index (χ0v) is 26.6. The van der Waals surface area contributed by atoms with Crippen molar-refractivity contribution in [2.75, 3.05) is 17.7 Å². The Morgan fingerprint density at radius 3 is 1.64 bits per heavy atom. The summed E-state index contributed by atoms with van der Waals surface area (Å²) in [5, 5.41) is 5.56. The minimum absolute atomic E-state index is 0. The largest absolute Gasteiger partial charge is 0.463 e. The van der Waals surface area contributed by atoms with Crippen LogP contribution in [0.2, 0.25) is 0 Å². The van der Waals surface area contributed by atoms with Gasteiger partial charge in [-0.15, -0.1) is 0 Å². The third-order valence-electron chi connectivity index (χ3n) is 6.84. The molecule has 0 spiro atoms. The van der Waals surface area contributed by atoms with Gasteiger partial charge in [0.15, 0.2) is 6.29 Å². The molecule has 0 saturated heterocycles. The van der Waals surface area contributed by atoms with Gasteiger partial charge in [-0.3, -0.25) is 19.2 Å². The smallest absolute Gasteiger partial charge is 0.293 e. The van der Waals surface area contributed by atoms with E-state index in [1.165, 1.54) is 10.1 Å². The number of ether oxygens (including phenoxy) is 2. The van der Waals surface area contributed by atoms with Crippen LogP contribution in [0.4, 0.5) is 11.4 Å². The highest BCUT2D eigenvalue weighted by molar-refractivity contribution is 6.07. The Labute approximate surface area is 275 Å². The second-order valence-electron chi connectivity index (χ2n) is 10.2. The predicted octanol–water partition coefficient (Wildman–Crippen LogP) is 6.16. The Hall–Kier alpha value is -5.68. The van der Waals surface area contributed by atoms with E-state index >= 15 is 0 Å². The Morgan fingerprint density at radius 1 is 0.723 bits per heavy atom. The molecular formula is C36H43N5O6. The topological polar surface area (TPSA) is 126 Å². The summed E-state index contributed by atoms with van der Waals surface area (Å²) < 4.78 is 14.5. The van der Waals surface area contributed by atoms with Crippen LogP contribution >= 0.6 is 0 Å². The molecule has 0 unspecified atom stereocenters. The van der Waals surface area contributed by atoms with Crippen LogP contribution in [-0.2, 0) is 48.6 Å². The van der Waals surface area contributed by atoms with Crippen molar-refractivity contribution in [1.82, 2.24) is 13.7 Å². The Bertz CT molecular complexity index is 1700. The number of aromatic nitrogens is 3. The zero-order chi connectivity index (χ0) is 33.5. The normalized spacial score (nSPS) is 9.81. The molecule has 5 aromatic rings. The number of benzene rings is 2. The first-order valence-electron chi connectivity index (χ1n) is 14.3. The molecule has 0 aliphatic heterocycles. The number of amides is 2. The second-order valence-corrected chi connectivity index (χ2v) is 10.2. The molecular weight excluding hydrogens is 598 g/mol. The molecule has 0 atom stereocenters. The lowest BCUT2D eigenvalue weighted by Gasteiger charge is -2.08. The Morgan fingerprint density at radius 2 is 1.21 bits per heavy atom. The third kappa shape index (κ3) is 11.3. The fourth-order valence-electron chi connectivity index (χ4n) is 4.31. The van der Waals surface area contributed by atoms with Gasteiger partial charge in [0.2, 0.25) is 0 Å². The third-order valence-corrected chi connectivity index (χ3v) is 6.84. The van der Waals surface area contributed by atoms with E-state index in [9.17, 15) is 19.2 Å². The summed E-state index contributed by atoms with van der Waals surface area (Å²) in [5.41, 5.74) is 5.61. The van der Waals surface area contributed by atoms with Gasteiger partial charge in [-0.2, -0.15) is 0 Å². The highest BCUT2D eigenvalue weighted by Gasteiger charge is 2.18. The summed E-state index contributed by atoms with van der Waals surface area (Å²) >= 11 is 0. The van der Waals surface area contributed by atoms with E-state index in [-0.39, 0.29) is 19.2 Å². The fraction of sp³-hybridized carbons (Fsp3) is 0.222. The molecule has 0 fully saturated rings. The number of hydrogen-bond acceptors (Lipinski definition) is 6. The number of aryl methyl sites for hydroxylation is 3. The van der Waals surface area contributed by atoms with E-state index in [4.69, 9.17) is 4.74 Å². The van der Waals surface area contributed by atoms with Crippen molar-refractivity contribution in [1.29, 1.82) is 0 Å². The van der Waals surface area contributed by atoms with Gasteiger partial charge < -0.3 is 33.8 Å². The van der Waals surface area contributed by atoms with Crippen LogP contribution in [0, 0.1) is 6.92 Å². The molecule has 47 heavy (non-hydrogen) atoms. The SMILES string of the molecule is C.COCc1ccccc1.Cc1cc(NC(=O)c2ccc(C(=O)Nc3cc(C=O)n(C)c3)n2C)cn1C.O=COCc1ccccc1. The summed E-state index contributed by atoms with van der Waals surface area (Å²) in [6.07, 6.45) is 4.19. The van der Waals surface area contributed by atoms with Gasteiger partial charge in [-0.25, -0.2) is 0 Å². The van der Waals surface area contributed by atoms with Gasteiger partial charge in [-0.1, -0.05) is 68.1 Å². The Balaban J connectivity index is 0.000000313. The maximum absolute atomic E-state index is 12.5. The monoisotopic (exact) mass is 641 g/mol. The van der Waals surface area contributed by atoms with Gasteiger partial charge in [-0.05, 0) is 42.3 Å². The van der Waals surface area contributed by atoms with E-state index in [0.717, 1.165) is 11.3 Å². The van der Waals surface area contributed by atoms with Gasteiger partial charge in [0, 0.05) is 46.3 Å². The molecule has 0 saturated carbocycles. The molecule has 5 rings (SSSR count). The van der Waals surface area contributed by atoms with Crippen LogP contribution < -0.4 is 10.6 Å². The molecule has 11 heteroatoms. The van der Waals surface area contributed by atoms with Crippen LogP contribution in [0.5, 0.6) is 0 Å². The second kappa shape index (κ2) is 19.0. The van der Waals surface area contributed by atoms with Gasteiger partial charge >= 0.3 is 0 Å². The lowest BCUT2D eigenvalue weighted by molar-refractivity contribution is -0.129. The Kier molecular flexibility index (Phi) is 15.1. The minimum Gasteiger partial charge on any atom is -0.463 e. The molecule has 0 radical (unpaired) electrons. The number of aldehydes is 1. The van der Waals surface area contributed by atoms with E-state index in [1.807, 2.05) is 91.5 Å². The van der Waals surface area contributed by atoms with E-state index in [1.54, 1.807) is 50.2 Å².